The van der Waals surface area contributed by atoms with E-state index in [1.807, 2.05) is 0 Å². The predicted molar refractivity (Wildman–Crippen MR) is 74.2 cm³/mol. The first-order chi connectivity index (χ1) is 8.11. The van der Waals surface area contributed by atoms with E-state index in [9.17, 15) is 4.79 Å². The maximum Gasteiger partial charge on any atom is 0.303 e. The van der Waals surface area contributed by atoms with E-state index in [0.717, 1.165) is 12.8 Å². The Balaban J connectivity index is 2.98. The van der Waals surface area contributed by atoms with Crippen LogP contribution in [0.5, 0.6) is 0 Å². The van der Waals surface area contributed by atoms with Crippen LogP contribution in [0.1, 0.15) is 53.9 Å². The molecule has 0 aliphatic heterocycles. The van der Waals surface area contributed by atoms with Gasteiger partial charge in [0.15, 0.2) is 0 Å². The summed E-state index contributed by atoms with van der Waals surface area (Å²) in [5.41, 5.74) is 5.97. The van der Waals surface area contributed by atoms with E-state index in [0.29, 0.717) is 24.3 Å². The van der Waals surface area contributed by atoms with Gasteiger partial charge in [-0.2, -0.15) is 0 Å². The lowest BCUT2D eigenvalue weighted by Gasteiger charge is -2.34. The van der Waals surface area contributed by atoms with Crippen LogP contribution in [0.15, 0.2) is 0 Å². The van der Waals surface area contributed by atoms with Gasteiger partial charge in [-0.3, -0.25) is 4.79 Å². The molecule has 0 aromatic carbocycles. The molecule has 0 amide bonds. The lowest BCUT2D eigenvalue weighted by Crippen LogP contribution is -2.31. The van der Waals surface area contributed by atoms with Crippen molar-refractivity contribution in [3.05, 3.63) is 0 Å². The topological polar surface area (TPSA) is 63.3 Å². The molecule has 0 radical (unpaired) electrons. The molecule has 106 valence electrons. The Morgan fingerprint density at radius 1 is 1.39 bits per heavy atom. The molecule has 2 unspecified atom stereocenters. The lowest BCUT2D eigenvalue weighted by molar-refractivity contribution is -0.139. The summed E-state index contributed by atoms with van der Waals surface area (Å²) in [7, 11) is 0. The van der Waals surface area contributed by atoms with Crippen molar-refractivity contribution in [2.45, 2.75) is 53.9 Å². The SMILES string of the molecule is CC(C)C1C[C@](CN)(CC(=O)O)CC1C(C)(C)C. The Morgan fingerprint density at radius 3 is 2.22 bits per heavy atom. The van der Waals surface area contributed by atoms with Crippen molar-refractivity contribution < 1.29 is 9.90 Å². The van der Waals surface area contributed by atoms with E-state index in [1.165, 1.54) is 0 Å². The van der Waals surface area contributed by atoms with Gasteiger partial charge in [0.1, 0.15) is 0 Å². The van der Waals surface area contributed by atoms with Crippen LogP contribution in [-0.4, -0.2) is 17.6 Å². The Hall–Kier alpha value is -0.570. The minimum absolute atomic E-state index is 0.182. The average molecular weight is 255 g/mol. The molecule has 1 aliphatic carbocycles. The Bertz CT molecular complexity index is 306. The van der Waals surface area contributed by atoms with Gasteiger partial charge >= 0.3 is 5.97 Å². The number of carboxylic acid groups (broad SMARTS) is 1. The molecule has 1 saturated carbocycles. The third kappa shape index (κ3) is 3.25. The zero-order valence-electron chi connectivity index (χ0n) is 12.5. The summed E-state index contributed by atoms with van der Waals surface area (Å²) < 4.78 is 0. The quantitative estimate of drug-likeness (QED) is 0.811. The molecule has 1 rings (SSSR count). The summed E-state index contributed by atoms with van der Waals surface area (Å²) in [5.74, 6) is 1.04. The summed E-state index contributed by atoms with van der Waals surface area (Å²) in [6, 6.07) is 0. The van der Waals surface area contributed by atoms with Crippen LogP contribution in [-0.2, 0) is 4.79 Å². The first-order valence-electron chi connectivity index (χ1n) is 7.03. The van der Waals surface area contributed by atoms with Crippen LogP contribution in [0.25, 0.3) is 0 Å². The normalized spacial score (nSPS) is 33.1. The van der Waals surface area contributed by atoms with Crippen LogP contribution in [0, 0.1) is 28.6 Å². The van der Waals surface area contributed by atoms with E-state index in [2.05, 4.69) is 34.6 Å². The van der Waals surface area contributed by atoms with Crippen molar-refractivity contribution in [2.24, 2.45) is 34.3 Å². The fourth-order valence-corrected chi connectivity index (χ4v) is 3.70. The molecule has 1 aliphatic rings. The molecule has 0 bridgehead atoms. The predicted octanol–water partition coefficient (Wildman–Crippen LogP) is 3.13. The molecule has 18 heavy (non-hydrogen) atoms. The van der Waals surface area contributed by atoms with Crippen LogP contribution in [0.4, 0.5) is 0 Å². The highest BCUT2D eigenvalue weighted by atomic mass is 16.4. The summed E-state index contributed by atoms with van der Waals surface area (Å²) in [6.07, 6.45) is 2.15. The number of hydrogen-bond donors (Lipinski definition) is 2. The van der Waals surface area contributed by atoms with Crippen molar-refractivity contribution in [3.8, 4) is 0 Å². The number of carbonyl (C=O) groups is 1. The first kappa shape index (κ1) is 15.5. The van der Waals surface area contributed by atoms with E-state index in [4.69, 9.17) is 10.8 Å². The molecule has 3 nitrogen and oxygen atoms in total. The Labute approximate surface area is 111 Å². The first-order valence-corrected chi connectivity index (χ1v) is 7.03. The van der Waals surface area contributed by atoms with Crippen molar-refractivity contribution >= 4 is 5.97 Å². The molecule has 3 N–H and O–H groups in total. The standard InChI is InChI=1S/C15H29NO2/c1-10(2)11-6-15(9-16,8-13(17)18)7-12(11)14(3,4)5/h10-12H,6-9,16H2,1-5H3,(H,17,18)/t11?,12?,15-/m1/s1. The van der Waals surface area contributed by atoms with Crippen LogP contribution < -0.4 is 5.73 Å². The maximum atomic E-state index is 11.1. The minimum Gasteiger partial charge on any atom is -0.481 e. The largest absolute Gasteiger partial charge is 0.481 e. The number of rotatable bonds is 4. The summed E-state index contributed by atoms with van der Waals surface area (Å²) in [6.45, 7) is 11.8. The van der Waals surface area contributed by atoms with Gasteiger partial charge in [0.25, 0.3) is 0 Å². The van der Waals surface area contributed by atoms with Crippen molar-refractivity contribution in [2.75, 3.05) is 6.54 Å². The number of hydrogen-bond acceptors (Lipinski definition) is 2. The summed E-state index contributed by atoms with van der Waals surface area (Å²) in [5, 5.41) is 9.13. The van der Waals surface area contributed by atoms with Crippen molar-refractivity contribution in [3.63, 3.8) is 0 Å². The van der Waals surface area contributed by atoms with Crippen LogP contribution in [0.2, 0.25) is 0 Å². The van der Waals surface area contributed by atoms with Crippen molar-refractivity contribution in [1.29, 1.82) is 0 Å². The molecule has 0 heterocycles. The fourth-order valence-electron chi connectivity index (χ4n) is 3.70. The second kappa shape index (κ2) is 5.20. The van der Waals surface area contributed by atoms with E-state index < -0.39 is 5.97 Å². The van der Waals surface area contributed by atoms with Gasteiger partial charge in [-0.15, -0.1) is 0 Å². The number of aliphatic carboxylic acids is 1. The molecule has 3 atom stereocenters. The molecular formula is C15H29NO2. The van der Waals surface area contributed by atoms with Gasteiger partial charge < -0.3 is 10.8 Å². The maximum absolute atomic E-state index is 11.1. The monoisotopic (exact) mass is 255 g/mol. The zero-order chi connectivity index (χ0) is 14.1. The molecular weight excluding hydrogens is 226 g/mol. The Kier molecular flexibility index (Phi) is 4.47. The van der Waals surface area contributed by atoms with Crippen LogP contribution in [0.3, 0.4) is 0 Å². The van der Waals surface area contributed by atoms with Gasteiger partial charge in [-0.05, 0) is 48.0 Å². The van der Waals surface area contributed by atoms with Crippen molar-refractivity contribution in [1.82, 2.24) is 0 Å². The lowest BCUT2D eigenvalue weighted by atomic mass is 9.71. The molecule has 1 fully saturated rings. The summed E-state index contributed by atoms with van der Waals surface area (Å²) >= 11 is 0. The van der Waals surface area contributed by atoms with Gasteiger partial charge in [-0.25, -0.2) is 0 Å². The van der Waals surface area contributed by atoms with Gasteiger partial charge in [-0.1, -0.05) is 34.6 Å². The number of nitrogens with two attached hydrogens (primary N) is 1. The van der Waals surface area contributed by atoms with E-state index in [-0.39, 0.29) is 17.3 Å². The van der Waals surface area contributed by atoms with Gasteiger partial charge in [0.05, 0.1) is 6.42 Å². The third-order valence-electron chi connectivity index (χ3n) is 4.77. The highest BCUT2D eigenvalue weighted by Crippen LogP contribution is 2.55. The van der Waals surface area contributed by atoms with Gasteiger partial charge in [0, 0.05) is 0 Å². The number of carboxylic acids is 1. The average Bonchev–Trinajstić information content (AvgIpc) is 2.57. The van der Waals surface area contributed by atoms with E-state index >= 15 is 0 Å². The Morgan fingerprint density at radius 2 is 1.94 bits per heavy atom. The minimum atomic E-state index is -0.711. The molecule has 3 heteroatoms. The second-order valence-corrected chi connectivity index (χ2v) is 7.56. The highest BCUT2D eigenvalue weighted by molar-refractivity contribution is 5.67. The molecule has 0 aromatic heterocycles. The zero-order valence-corrected chi connectivity index (χ0v) is 12.5. The van der Waals surface area contributed by atoms with Gasteiger partial charge in [0.2, 0.25) is 0 Å². The highest BCUT2D eigenvalue weighted by Gasteiger charge is 2.49. The van der Waals surface area contributed by atoms with Crippen LogP contribution >= 0.6 is 0 Å². The molecule has 0 aromatic rings. The third-order valence-corrected chi connectivity index (χ3v) is 4.77. The fraction of sp³-hybridized carbons (Fsp3) is 0.933. The molecule has 0 spiro atoms. The molecule has 0 saturated heterocycles. The second-order valence-electron chi connectivity index (χ2n) is 7.56. The van der Waals surface area contributed by atoms with E-state index in [1.54, 1.807) is 0 Å². The summed E-state index contributed by atoms with van der Waals surface area (Å²) in [4.78, 5) is 11.1. The smallest absolute Gasteiger partial charge is 0.303 e.